The predicted octanol–water partition coefficient (Wildman–Crippen LogP) is 1.39. The lowest BCUT2D eigenvalue weighted by Crippen LogP contribution is -2.37. The second-order valence-electron chi connectivity index (χ2n) is 5.83. The van der Waals surface area contributed by atoms with E-state index >= 15 is 0 Å². The molecule has 0 aliphatic carbocycles. The van der Waals surface area contributed by atoms with Gasteiger partial charge in [-0.25, -0.2) is 4.98 Å². The summed E-state index contributed by atoms with van der Waals surface area (Å²) >= 11 is 1.32. The summed E-state index contributed by atoms with van der Waals surface area (Å²) in [5.41, 5.74) is 4.00. The summed E-state index contributed by atoms with van der Waals surface area (Å²) in [5, 5.41) is 10.8. The maximum absolute atomic E-state index is 12.0. The van der Waals surface area contributed by atoms with Crippen LogP contribution in [0.5, 0.6) is 0 Å². The van der Waals surface area contributed by atoms with E-state index in [0.29, 0.717) is 17.6 Å². The molecule has 0 saturated carbocycles. The number of hydrogen-bond donors (Lipinski definition) is 1. The Morgan fingerprint density at radius 1 is 1.50 bits per heavy atom. The number of nitrogens with zero attached hydrogens (tertiary/aromatic N) is 5. The first-order chi connectivity index (χ1) is 10.5. The molecule has 8 heteroatoms. The number of carbonyl (C=O) groups excluding carboxylic acids is 1. The van der Waals surface area contributed by atoms with E-state index in [4.69, 9.17) is 4.98 Å². The van der Waals surface area contributed by atoms with Gasteiger partial charge >= 0.3 is 0 Å². The zero-order valence-electron chi connectivity index (χ0n) is 13.0. The SMILES string of the molecule is CC(C)c1nc2c(n1C)CCN(CC(=O)Nc1nncs1)C2. The third-order valence-electron chi connectivity index (χ3n) is 3.86. The largest absolute Gasteiger partial charge is 0.335 e. The first kappa shape index (κ1) is 15.1. The van der Waals surface area contributed by atoms with Crippen LogP contribution in [-0.2, 0) is 24.8 Å². The molecule has 7 nitrogen and oxygen atoms in total. The average Bonchev–Trinajstić information content (AvgIpc) is 3.07. The normalized spacial score (nSPS) is 15.1. The number of carbonyl (C=O) groups is 1. The van der Waals surface area contributed by atoms with E-state index in [1.165, 1.54) is 17.0 Å². The van der Waals surface area contributed by atoms with Gasteiger partial charge in [0.25, 0.3) is 0 Å². The van der Waals surface area contributed by atoms with E-state index in [9.17, 15) is 4.79 Å². The standard InChI is InChI=1S/C14H20N6OS/c1-9(2)13-16-10-6-20(5-4-11(10)19(13)3)7-12(21)17-14-18-15-8-22-14/h8-9H,4-7H2,1-3H3,(H,17,18,21). The molecule has 2 aromatic rings. The highest BCUT2D eigenvalue weighted by molar-refractivity contribution is 7.13. The first-order valence-electron chi connectivity index (χ1n) is 7.37. The number of nitrogens with one attached hydrogen (secondary N) is 1. The fourth-order valence-corrected chi connectivity index (χ4v) is 3.31. The van der Waals surface area contributed by atoms with Crippen molar-refractivity contribution in [3.63, 3.8) is 0 Å². The number of hydrogen-bond acceptors (Lipinski definition) is 6. The Morgan fingerprint density at radius 3 is 3.00 bits per heavy atom. The van der Waals surface area contributed by atoms with E-state index in [1.54, 1.807) is 5.51 Å². The van der Waals surface area contributed by atoms with E-state index in [0.717, 1.165) is 31.0 Å². The fourth-order valence-electron chi connectivity index (χ4n) is 2.84. The highest BCUT2D eigenvalue weighted by Crippen LogP contribution is 2.23. The number of aromatic nitrogens is 4. The van der Waals surface area contributed by atoms with E-state index in [1.807, 2.05) is 0 Å². The molecule has 3 rings (SSSR count). The Bertz CT molecular complexity index is 663. The van der Waals surface area contributed by atoms with Crippen molar-refractivity contribution < 1.29 is 4.79 Å². The van der Waals surface area contributed by atoms with Crippen molar-refractivity contribution in [2.24, 2.45) is 7.05 Å². The number of rotatable bonds is 4. The molecule has 0 radical (unpaired) electrons. The van der Waals surface area contributed by atoms with Gasteiger partial charge in [0.1, 0.15) is 11.3 Å². The van der Waals surface area contributed by atoms with Crippen LogP contribution < -0.4 is 5.32 Å². The minimum atomic E-state index is -0.0554. The third-order valence-corrected chi connectivity index (χ3v) is 4.47. The average molecular weight is 320 g/mol. The maximum Gasteiger partial charge on any atom is 0.240 e. The van der Waals surface area contributed by atoms with Gasteiger partial charge in [-0.1, -0.05) is 25.2 Å². The molecule has 0 spiro atoms. The molecule has 0 unspecified atom stereocenters. The number of fused-ring (bicyclic) bond motifs is 1. The van der Waals surface area contributed by atoms with Gasteiger partial charge in [0.05, 0.1) is 12.2 Å². The summed E-state index contributed by atoms with van der Waals surface area (Å²) in [5.74, 6) is 1.47. The van der Waals surface area contributed by atoms with Crippen LogP contribution in [0.3, 0.4) is 0 Å². The van der Waals surface area contributed by atoms with Gasteiger partial charge in [0.15, 0.2) is 0 Å². The smallest absolute Gasteiger partial charge is 0.240 e. The second-order valence-corrected chi connectivity index (χ2v) is 6.66. The van der Waals surface area contributed by atoms with Crippen LogP contribution in [0.1, 0.15) is 37.0 Å². The summed E-state index contributed by atoms with van der Waals surface area (Å²) in [6.45, 7) is 6.25. The molecule has 1 aliphatic rings. The lowest BCUT2D eigenvalue weighted by Gasteiger charge is -2.25. The summed E-state index contributed by atoms with van der Waals surface area (Å²) in [7, 11) is 2.08. The van der Waals surface area contributed by atoms with Crippen LogP contribution in [0.4, 0.5) is 5.13 Å². The van der Waals surface area contributed by atoms with Crippen LogP contribution in [0.15, 0.2) is 5.51 Å². The van der Waals surface area contributed by atoms with Gasteiger partial charge in [-0.2, -0.15) is 0 Å². The lowest BCUT2D eigenvalue weighted by molar-refractivity contribution is -0.117. The van der Waals surface area contributed by atoms with Crippen molar-refractivity contribution in [1.29, 1.82) is 0 Å². The van der Waals surface area contributed by atoms with Crippen LogP contribution in [0.25, 0.3) is 0 Å². The monoisotopic (exact) mass is 320 g/mol. The molecule has 118 valence electrons. The number of amides is 1. The van der Waals surface area contributed by atoms with Gasteiger partial charge in [-0.15, -0.1) is 10.2 Å². The molecule has 0 aromatic carbocycles. The lowest BCUT2D eigenvalue weighted by atomic mass is 10.1. The topological polar surface area (TPSA) is 75.9 Å². The Balaban J connectivity index is 1.64. The van der Waals surface area contributed by atoms with Gasteiger partial charge in [0.2, 0.25) is 11.0 Å². The predicted molar refractivity (Wildman–Crippen MR) is 84.8 cm³/mol. The summed E-state index contributed by atoms with van der Waals surface area (Å²) in [6.07, 6.45) is 0.928. The Hall–Kier alpha value is -1.80. The molecule has 1 amide bonds. The molecule has 0 fully saturated rings. The molecular formula is C14H20N6OS. The van der Waals surface area contributed by atoms with Crippen molar-refractivity contribution in [2.75, 3.05) is 18.4 Å². The highest BCUT2D eigenvalue weighted by Gasteiger charge is 2.24. The molecule has 22 heavy (non-hydrogen) atoms. The second kappa shape index (κ2) is 6.13. The minimum Gasteiger partial charge on any atom is -0.335 e. The van der Waals surface area contributed by atoms with Crippen molar-refractivity contribution in [1.82, 2.24) is 24.6 Å². The Labute approximate surface area is 133 Å². The van der Waals surface area contributed by atoms with Crippen molar-refractivity contribution in [2.45, 2.75) is 32.7 Å². The van der Waals surface area contributed by atoms with Gasteiger partial charge in [-0.05, 0) is 0 Å². The number of anilines is 1. The van der Waals surface area contributed by atoms with E-state index in [-0.39, 0.29) is 5.91 Å². The molecule has 1 aliphatic heterocycles. The summed E-state index contributed by atoms with van der Waals surface area (Å²) in [4.78, 5) is 18.9. The van der Waals surface area contributed by atoms with Crippen LogP contribution in [-0.4, -0.2) is 43.6 Å². The maximum atomic E-state index is 12.0. The van der Waals surface area contributed by atoms with Gasteiger partial charge in [0, 0.05) is 38.2 Å². The molecule has 3 heterocycles. The zero-order chi connectivity index (χ0) is 15.7. The van der Waals surface area contributed by atoms with Crippen molar-refractivity contribution >= 4 is 22.4 Å². The fraction of sp³-hybridized carbons (Fsp3) is 0.571. The van der Waals surface area contributed by atoms with Crippen LogP contribution >= 0.6 is 11.3 Å². The molecule has 2 aromatic heterocycles. The molecule has 0 bridgehead atoms. The van der Waals surface area contributed by atoms with Gasteiger partial charge in [-0.3, -0.25) is 15.0 Å². The van der Waals surface area contributed by atoms with E-state index < -0.39 is 0 Å². The molecular weight excluding hydrogens is 300 g/mol. The number of imidazole rings is 1. The first-order valence-corrected chi connectivity index (χ1v) is 8.25. The minimum absolute atomic E-state index is 0.0554. The summed E-state index contributed by atoms with van der Waals surface area (Å²) in [6, 6.07) is 0. The highest BCUT2D eigenvalue weighted by atomic mass is 32.1. The zero-order valence-corrected chi connectivity index (χ0v) is 13.9. The Morgan fingerprint density at radius 2 is 2.32 bits per heavy atom. The van der Waals surface area contributed by atoms with Crippen molar-refractivity contribution in [3.05, 3.63) is 22.7 Å². The van der Waals surface area contributed by atoms with Gasteiger partial charge < -0.3 is 4.57 Å². The van der Waals surface area contributed by atoms with Crippen LogP contribution in [0, 0.1) is 0 Å². The van der Waals surface area contributed by atoms with Crippen molar-refractivity contribution in [3.8, 4) is 0 Å². The van der Waals surface area contributed by atoms with Crippen LogP contribution in [0.2, 0.25) is 0 Å². The van der Waals surface area contributed by atoms with E-state index in [2.05, 4.69) is 45.9 Å². The molecule has 1 N–H and O–H groups in total. The molecule has 0 saturated heterocycles. The third kappa shape index (κ3) is 3.02. The summed E-state index contributed by atoms with van der Waals surface area (Å²) < 4.78 is 2.21. The molecule has 0 atom stereocenters. The quantitative estimate of drug-likeness (QED) is 0.921. The Kier molecular flexibility index (Phi) is 4.21.